The quantitative estimate of drug-likeness (QED) is 0.835. The Morgan fingerprint density at radius 1 is 1.48 bits per heavy atom. The Hall–Kier alpha value is -1.66. The summed E-state index contributed by atoms with van der Waals surface area (Å²) in [7, 11) is 2.10. The molecule has 2 atom stereocenters. The fourth-order valence-corrected chi connectivity index (χ4v) is 3.21. The van der Waals surface area contributed by atoms with E-state index in [1.54, 1.807) is 12.1 Å². The zero-order valence-electron chi connectivity index (χ0n) is 12.2. The number of carbonyl (C=O) groups is 2. The molecule has 1 fully saturated rings. The molecular formula is C15H20N2O3S. The molecule has 1 saturated heterocycles. The van der Waals surface area contributed by atoms with Gasteiger partial charge < -0.3 is 15.3 Å². The highest BCUT2D eigenvalue weighted by molar-refractivity contribution is 7.14. The van der Waals surface area contributed by atoms with Crippen LogP contribution in [-0.2, 0) is 4.79 Å². The van der Waals surface area contributed by atoms with Crippen LogP contribution < -0.4 is 5.32 Å². The SMILES string of the molecule is CC1CC(NC(=O)c2ccc(/C=C/C(=O)O)s2)CCN1C. The van der Waals surface area contributed by atoms with Gasteiger partial charge in [-0.2, -0.15) is 0 Å². The Labute approximate surface area is 128 Å². The topological polar surface area (TPSA) is 69.6 Å². The highest BCUT2D eigenvalue weighted by Crippen LogP contribution is 2.20. The third kappa shape index (κ3) is 4.41. The minimum atomic E-state index is -0.991. The van der Waals surface area contributed by atoms with Crippen molar-refractivity contribution in [1.29, 1.82) is 0 Å². The molecule has 0 spiro atoms. The highest BCUT2D eigenvalue weighted by Gasteiger charge is 2.24. The van der Waals surface area contributed by atoms with E-state index in [0.29, 0.717) is 10.9 Å². The van der Waals surface area contributed by atoms with E-state index < -0.39 is 5.97 Å². The van der Waals surface area contributed by atoms with Crippen LogP contribution >= 0.6 is 11.3 Å². The lowest BCUT2D eigenvalue weighted by Crippen LogP contribution is -2.47. The number of hydrogen-bond donors (Lipinski definition) is 2. The minimum Gasteiger partial charge on any atom is -0.478 e. The summed E-state index contributed by atoms with van der Waals surface area (Å²) >= 11 is 1.30. The van der Waals surface area contributed by atoms with E-state index in [1.165, 1.54) is 17.4 Å². The van der Waals surface area contributed by atoms with Crippen LogP contribution in [0.15, 0.2) is 18.2 Å². The molecule has 0 aromatic carbocycles. The largest absolute Gasteiger partial charge is 0.478 e. The van der Waals surface area contributed by atoms with Gasteiger partial charge in [-0.25, -0.2) is 4.79 Å². The molecule has 1 aliphatic rings. The second-order valence-electron chi connectivity index (χ2n) is 5.40. The number of nitrogens with zero attached hydrogens (tertiary/aromatic N) is 1. The lowest BCUT2D eigenvalue weighted by Gasteiger charge is -2.35. The number of hydrogen-bond acceptors (Lipinski definition) is 4. The zero-order chi connectivity index (χ0) is 15.4. The molecular weight excluding hydrogens is 288 g/mol. The third-order valence-electron chi connectivity index (χ3n) is 3.78. The standard InChI is InChI=1S/C15H20N2O3S/c1-10-9-11(7-8-17(10)2)16-15(20)13-5-3-12(21-13)4-6-14(18)19/h3-6,10-11H,7-9H2,1-2H3,(H,16,20)(H,18,19)/b6-4+. The first-order valence-electron chi connectivity index (χ1n) is 6.97. The number of aliphatic carboxylic acids is 1. The summed E-state index contributed by atoms with van der Waals surface area (Å²) in [6, 6.07) is 4.18. The first kappa shape index (κ1) is 15.7. The molecule has 21 heavy (non-hydrogen) atoms. The van der Waals surface area contributed by atoms with Crippen molar-refractivity contribution in [2.24, 2.45) is 0 Å². The monoisotopic (exact) mass is 308 g/mol. The van der Waals surface area contributed by atoms with E-state index in [-0.39, 0.29) is 11.9 Å². The number of carboxylic acid groups (broad SMARTS) is 1. The molecule has 2 heterocycles. The normalized spacial score (nSPS) is 23.3. The van der Waals surface area contributed by atoms with Gasteiger partial charge in [-0.15, -0.1) is 11.3 Å². The molecule has 5 nitrogen and oxygen atoms in total. The van der Waals surface area contributed by atoms with Gasteiger partial charge in [0.15, 0.2) is 0 Å². The van der Waals surface area contributed by atoms with Crippen LogP contribution in [0.2, 0.25) is 0 Å². The van der Waals surface area contributed by atoms with E-state index >= 15 is 0 Å². The Morgan fingerprint density at radius 3 is 2.90 bits per heavy atom. The molecule has 2 N–H and O–H groups in total. The summed E-state index contributed by atoms with van der Waals surface area (Å²) in [6.07, 6.45) is 4.50. The van der Waals surface area contributed by atoms with Crippen molar-refractivity contribution < 1.29 is 14.7 Å². The van der Waals surface area contributed by atoms with Gasteiger partial charge in [0.2, 0.25) is 0 Å². The summed E-state index contributed by atoms with van der Waals surface area (Å²) in [5.74, 6) is -1.06. The van der Waals surface area contributed by atoms with Gasteiger partial charge in [-0.3, -0.25) is 4.79 Å². The molecule has 1 aromatic rings. The smallest absolute Gasteiger partial charge is 0.328 e. The van der Waals surface area contributed by atoms with Gasteiger partial charge in [0.05, 0.1) is 4.88 Å². The van der Waals surface area contributed by atoms with Crippen molar-refractivity contribution in [3.8, 4) is 0 Å². The van der Waals surface area contributed by atoms with Crippen LogP contribution in [0.25, 0.3) is 6.08 Å². The summed E-state index contributed by atoms with van der Waals surface area (Å²) in [5.41, 5.74) is 0. The number of carbonyl (C=O) groups excluding carboxylic acids is 1. The lowest BCUT2D eigenvalue weighted by molar-refractivity contribution is -0.131. The average Bonchev–Trinajstić information content (AvgIpc) is 2.89. The second-order valence-corrected chi connectivity index (χ2v) is 6.51. The van der Waals surface area contributed by atoms with E-state index in [1.807, 2.05) is 0 Å². The molecule has 2 rings (SSSR count). The molecule has 1 aromatic heterocycles. The maximum atomic E-state index is 12.2. The molecule has 1 amide bonds. The highest BCUT2D eigenvalue weighted by atomic mass is 32.1. The van der Waals surface area contributed by atoms with Crippen molar-refractivity contribution in [1.82, 2.24) is 10.2 Å². The molecule has 0 radical (unpaired) electrons. The third-order valence-corrected chi connectivity index (χ3v) is 4.83. The lowest BCUT2D eigenvalue weighted by atomic mass is 9.99. The van der Waals surface area contributed by atoms with Crippen LogP contribution in [0.1, 0.15) is 34.3 Å². The van der Waals surface area contributed by atoms with Gasteiger partial charge in [-0.05, 0) is 45.0 Å². The first-order chi connectivity index (χ1) is 9.95. The Kier molecular flexibility index (Phi) is 5.14. The van der Waals surface area contributed by atoms with Crippen LogP contribution in [0.4, 0.5) is 0 Å². The molecule has 2 unspecified atom stereocenters. The molecule has 0 bridgehead atoms. The van der Waals surface area contributed by atoms with Crippen molar-refractivity contribution in [2.45, 2.75) is 31.8 Å². The Morgan fingerprint density at radius 2 is 2.24 bits per heavy atom. The first-order valence-corrected chi connectivity index (χ1v) is 7.79. The Bertz CT molecular complexity index is 553. The van der Waals surface area contributed by atoms with Crippen LogP contribution in [0.5, 0.6) is 0 Å². The van der Waals surface area contributed by atoms with Gasteiger partial charge in [0.1, 0.15) is 0 Å². The minimum absolute atomic E-state index is 0.0725. The number of amides is 1. The van der Waals surface area contributed by atoms with Crippen molar-refractivity contribution in [3.63, 3.8) is 0 Å². The van der Waals surface area contributed by atoms with Gasteiger partial charge in [0, 0.05) is 29.6 Å². The van der Waals surface area contributed by atoms with Gasteiger partial charge in [0.25, 0.3) is 5.91 Å². The Balaban J connectivity index is 1.93. The number of piperidine rings is 1. The van der Waals surface area contributed by atoms with Crippen molar-refractivity contribution >= 4 is 29.3 Å². The molecule has 6 heteroatoms. The summed E-state index contributed by atoms with van der Waals surface area (Å²) in [5, 5.41) is 11.7. The van der Waals surface area contributed by atoms with Crippen LogP contribution in [-0.4, -0.2) is 47.6 Å². The maximum Gasteiger partial charge on any atom is 0.328 e. The fraction of sp³-hybridized carbons (Fsp3) is 0.467. The van der Waals surface area contributed by atoms with Crippen LogP contribution in [0, 0.1) is 0 Å². The number of likely N-dealkylation sites (tertiary alicyclic amines) is 1. The second kappa shape index (κ2) is 6.87. The van der Waals surface area contributed by atoms with E-state index in [0.717, 1.165) is 30.3 Å². The van der Waals surface area contributed by atoms with Crippen molar-refractivity contribution in [3.05, 3.63) is 28.0 Å². The van der Waals surface area contributed by atoms with E-state index in [9.17, 15) is 9.59 Å². The number of rotatable bonds is 4. The van der Waals surface area contributed by atoms with E-state index in [2.05, 4.69) is 24.2 Å². The summed E-state index contributed by atoms with van der Waals surface area (Å²) in [4.78, 5) is 26.3. The molecule has 0 aliphatic carbocycles. The van der Waals surface area contributed by atoms with Gasteiger partial charge in [-0.1, -0.05) is 0 Å². The van der Waals surface area contributed by atoms with Crippen molar-refractivity contribution in [2.75, 3.05) is 13.6 Å². The fourth-order valence-electron chi connectivity index (χ4n) is 2.39. The number of carboxylic acids is 1. The zero-order valence-corrected chi connectivity index (χ0v) is 13.0. The summed E-state index contributed by atoms with van der Waals surface area (Å²) in [6.45, 7) is 3.15. The number of nitrogens with one attached hydrogen (secondary N) is 1. The van der Waals surface area contributed by atoms with Crippen LogP contribution in [0.3, 0.4) is 0 Å². The average molecular weight is 308 g/mol. The predicted molar refractivity (Wildman–Crippen MR) is 83.6 cm³/mol. The summed E-state index contributed by atoms with van der Waals surface area (Å²) < 4.78 is 0. The molecule has 0 saturated carbocycles. The van der Waals surface area contributed by atoms with Gasteiger partial charge >= 0.3 is 5.97 Å². The van der Waals surface area contributed by atoms with E-state index in [4.69, 9.17) is 5.11 Å². The predicted octanol–water partition coefficient (Wildman–Crippen LogP) is 2.06. The maximum absolute atomic E-state index is 12.2. The number of thiophene rings is 1. The molecule has 114 valence electrons. The molecule has 1 aliphatic heterocycles.